The standard InChI is InChI=1S/C12H16N2O2/c1-2-3-6-9-13-14-12(16)10-7-4-5-8-11(10)15/h4-9,13,15H,2-3H2,1H3,(H,14,16)/b9-6-. The van der Waals surface area contributed by atoms with Crippen molar-refractivity contribution in [3.05, 3.63) is 42.1 Å². The van der Waals surface area contributed by atoms with E-state index in [4.69, 9.17) is 0 Å². The largest absolute Gasteiger partial charge is 0.507 e. The fourth-order valence-electron chi connectivity index (χ4n) is 1.15. The van der Waals surface area contributed by atoms with Crippen LogP contribution in [0.4, 0.5) is 0 Å². The predicted molar refractivity (Wildman–Crippen MR) is 62.8 cm³/mol. The highest BCUT2D eigenvalue weighted by molar-refractivity contribution is 5.96. The molecule has 0 saturated carbocycles. The van der Waals surface area contributed by atoms with Gasteiger partial charge >= 0.3 is 0 Å². The maximum atomic E-state index is 11.5. The third-order valence-corrected chi connectivity index (χ3v) is 1.99. The Morgan fingerprint density at radius 1 is 1.44 bits per heavy atom. The van der Waals surface area contributed by atoms with E-state index in [0.717, 1.165) is 12.8 Å². The summed E-state index contributed by atoms with van der Waals surface area (Å²) in [5, 5.41) is 9.42. The average Bonchev–Trinajstić information content (AvgIpc) is 2.29. The normalized spacial score (nSPS) is 10.3. The molecule has 16 heavy (non-hydrogen) atoms. The van der Waals surface area contributed by atoms with Gasteiger partial charge in [0.2, 0.25) is 0 Å². The van der Waals surface area contributed by atoms with Crippen LogP contribution >= 0.6 is 0 Å². The van der Waals surface area contributed by atoms with Crippen LogP contribution in [0.15, 0.2) is 36.5 Å². The number of allylic oxidation sites excluding steroid dienone is 1. The van der Waals surface area contributed by atoms with Gasteiger partial charge in [0.1, 0.15) is 5.75 Å². The Morgan fingerprint density at radius 2 is 2.19 bits per heavy atom. The molecule has 0 fully saturated rings. The zero-order chi connectivity index (χ0) is 11.8. The highest BCUT2D eigenvalue weighted by Gasteiger charge is 2.07. The number of phenols is 1. The number of para-hydroxylation sites is 1. The van der Waals surface area contributed by atoms with Crippen molar-refractivity contribution in [3.8, 4) is 5.75 Å². The van der Waals surface area contributed by atoms with Gasteiger partial charge in [-0.2, -0.15) is 0 Å². The van der Waals surface area contributed by atoms with Gasteiger partial charge in [-0.25, -0.2) is 0 Å². The summed E-state index contributed by atoms with van der Waals surface area (Å²) < 4.78 is 0. The molecule has 4 nitrogen and oxygen atoms in total. The Kier molecular flexibility index (Phi) is 4.92. The highest BCUT2D eigenvalue weighted by atomic mass is 16.3. The van der Waals surface area contributed by atoms with Gasteiger partial charge < -0.3 is 10.5 Å². The Bertz CT molecular complexity index is 375. The lowest BCUT2D eigenvalue weighted by Gasteiger charge is -2.05. The Labute approximate surface area is 95.0 Å². The first-order valence-electron chi connectivity index (χ1n) is 5.24. The maximum absolute atomic E-state index is 11.5. The van der Waals surface area contributed by atoms with E-state index in [2.05, 4.69) is 17.8 Å². The number of hydrazine groups is 1. The molecule has 0 aliphatic carbocycles. The average molecular weight is 220 g/mol. The van der Waals surface area contributed by atoms with Crippen molar-refractivity contribution in [2.24, 2.45) is 0 Å². The molecule has 0 heterocycles. The fourth-order valence-corrected chi connectivity index (χ4v) is 1.15. The highest BCUT2D eigenvalue weighted by Crippen LogP contribution is 2.14. The van der Waals surface area contributed by atoms with Gasteiger partial charge in [0, 0.05) is 6.20 Å². The molecule has 0 unspecified atom stereocenters. The van der Waals surface area contributed by atoms with E-state index in [0.29, 0.717) is 0 Å². The van der Waals surface area contributed by atoms with Crippen LogP contribution in [0, 0.1) is 0 Å². The van der Waals surface area contributed by atoms with Gasteiger partial charge in [-0.15, -0.1) is 0 Å². The number of unbranched alkanes of at least 4 members (excludes halogenated alkanes) is 1. The second-order valence-electron chi connectivity index (χ2n) is 3.31. The summed E-state index contributed by atoms with van der Waals surface area (Å²) >= 11 is 0. The van der Waals surface area contributed by atoms with E-state index >= 15 is 0 Å². The summed E-state index contributed by atoms with van der Waals surface area (Å²) in [5.41, 5.74) is 5.37. The summed E-state index contributed by atoms with van der Waals surface area (Å²) in [5.74, 6) is -0.390. The minimum Gasteiger partial charge on any atom is -0.507 e. The zero-order valence-electron chi connectivity index (χ0n) is 9.23. The molecule has 1 aromatic rings. The van der Waals surface area contributed by atoms with E-state index in [9.17, 15) is 9.90 Å². The van der Waals surface area contributed by atoms with Crippen LogP contribution in [0.2, 0.25) is 0 Å². The number of aromatic hydroxyl groups is 1. The summed E-state index contributed by atoms with van der Waals surface area (Å²) in [6.07, 6.45) is 5.61. The van der Waals surface area contributed by atoms with Gasteiger partial charge in [-0.3, -0.25) is 10.2 Å². The van der Waals surface area contributed by atoms with Crippen LogP contribution < -0.4 is 10.9 Å². The van der Waals surface area contributed by atoms with Crippen molar-refractivity contribution in [1.82, 2.24) is 10.9 Å². The monoisotopic (exact) mass is 220 g/mol. The molecule has 1 aromatic carbocycles. The molecule has 0 aliphatic heterocycles. The van der Waals surface area contributed by atoms with Gasteiger partial charge in [-0.05, 0) is 18.6 Å². The van der Waals surface area contributed by atoms with Gasteiger partial charge in [0.15, 0.2) is 0 Å². The van der Waals surface area contributed by atoms with Crippen LogP contribution in [-0.2, 0) is 0 Å². The molecule has 4 heteroatoms. The van der Waals surface area contributed by atoms with Gasteiger partial charge in [0.25, 0.3) is 5.91 Å². The number of phenolic OH excluding ortho intramolecular Hbond substituents is 1. The summed E-state index contributed by atoms with van der Waals surface area (Å²) in [4.78, 5) is 11.5. The zero-order valence-corrected chi connectivity index (χ0v) is 9.23. The summed E-state index contributed by atoms with van der Waals surface area (Å²) in [6.45, 7) is 2.07. The van der Waals surface area contributed by atoms with Crippen molar-refractivity contribution in [1.29, 1.82) is 0 Å². The number of amides is 1. The Morgan fingerprint density at radius 3 is 2.88 bits per heavy atom. The van der Waals surface area contributed by atoms with Crippen LogP contribution in [-0.4, -0.2) is 11.0 Å². The number of rotatable bonds is 5. The smallest absolute Gasteiger partial charge is 0.273 e. The number of nitrogens with one attached hydrogen (secondary N) is 2. The molecule has 86 valence electrons. The topological polar surface area (TPSA) is 61.4 Å². The molecule has 0 aliphatic rings. The van der Waals surface area contributed by atoms with Crippen LogP contribution in [0.25, 0.3) is 0 Å². The van der Waals surface area contributed by atoms with Gasteiger partial charge in [0.05, 0.1) is 5.56 Å². The number of hydrogen-bond donors (Lipinski definition) is 3. The molecular weight excluding hydrogens is 204 g/mol. The fraction of sp³-hybridized carbons (Fsp3) is 0.250. The first-order valence-corrected chi connectivity index (χ1v) is 5.24. The summed E-state index contributed by atoms with van der Waals surface area (Å²) in [7, 11) is 0. The van der Waals surface area contributed by atoms with Crippen molar-refractivity contribution < 1.29 is 9.90 Å². The van der Waals surface area contributed by atoms with Crippen LogP contribution in [0.1, 0.15) is 30.1 Å². The second-order valence-corrected chi connectivity index (χ2v) is 3.31. The summed E-state index contributed by atoms with van der Waals surface area (Å²) in [6, 6.07) is 6.40. The molecular formula is C12H16N2O2. The number of hydrogen-bond acceptors (Lipinski definition) is 3. The lowest BCUT2D eigenvalue weighted by molar-refractivity contribution is 0.0938. The Balaban J connectivity index is 2.44. The molecule has 0 radical (unpaired) electrons. The predicted octanol–water partition coefficient (Wildman–Crippen LogP) is 1.94. The van der Waals surface area contributed by atoms with Crippen molar-refractivity contribution >= 4 is 5.91 Å². The molecule has 1 amide bonds. The van der Waals surface area contributed by atoms with E-state index < -0.39 is 0 Å². The van der Waals surface area contributed by atoms with Gasteiger partial charge in [-0.1, -0.05) is 31.6 Å². The molecule has 0 bridgehead atoms. The second kappa shape index (κ2) is 6.50. The maximum Gasteiger partial charge on any atom is 0.273 e. The van der Waals surface area contributed by atoms with Crippen molar-refractivity contribution in [2.45, 2.75) is 19.8 Å². The molecule has 0 saturated heterocycles. The molecule has 3 N–H and O–H groups in total. The number of benzene rings is 1. The van der Waals surface area contributed by atoms with Crippen LogP contribution in [0.3, 0.4) is 0 Å². The van der Waals surface area contributed by atoms with Crippen molar-refractivity contribution in [2.75, 3.05) is 0 Å². The van der Waals surface area contributed by atoms with E-state index in [1.54, 1.807) is 24.4 Å². The molecule has 0 aromatic heterocycles. The van der Waals surface area contributed by atoms with E-state index in [1.807, 2.05) is 6.08 Å². The number of carbonyl (C=O) groups is 1. The van der Waals surface area contributed by atoms with Crippen molar-refractivity contribution in [3.63, 3.8) is 0 Å². The molecule has 1 rings (SSSR count). The Hall–Kier alpha value is -1.97. The third kappa shape index (κ3) is 3.65. The third-order valence-electron chi connectivity index (χ3n) is 1.99. The number of carbonyl (C=O) groups excluding carboxylic acids is 1. The minimum atomic E-state index is -0.362. The van der Waals surface area contributed by atoms with E-state index in [-0.39, 0.29) is 17.2 Å². The molecule has 0 spiro atoms. The lowest BCUT2D eigenvalue weighted by atomic mass is 10.2. The lowest BCUT2D eigenvalue weighted by Crippen LogP contribution is -2.33. The van der Waals surface area contributed by atoms with E-state index in [1.165, 1.54) is 6.07 Å². The minimum absolute atomic E-state index is 0.0284. The first-order chi connectivity index (χ1) is 7.75. The van der Waals surface area contributed by atoms with Crippen LogP contribution in [0.5, 0.6) is 5.75 Å². The SMILES string of the molecule is CCC/C=C\NNC(=O)c1ccccc1O. The quantitative estimate of drug-likeness (QED) is 0.664. The molecule has 0 atom stereocenters. The first kappa shape index (κ1) is 12.1.